The van der Waals surface area contributed by atoms with Gasteiger partial charge in [-0.25, -0.2) is 0 Å². The van der Waals surface area contributed by atoms with Crippen LogP contribution in [0.4, 0.5) is 0 Å². The third kappa shape index (κ3) is 4.18. The number of amides is 1. The van der Waals surface area contributed by atoms with E-state index in [1.54, 1.807) is 24.3 Å². The number of hydrogen-bond donors (Lipinski definition) is 2. The summed E-state index contributed by atoms with van der Waals surface area (Å²) in [5.41, 5.74) is 0.740. The van der Waals surface area contributed by atoms with Crippen molar-refractivity contribution in [2.24, 2.45) is 0 Å². The lowest BCUT2D eigenvalue weighted by Crippen LogP contribution is -2.36. The molecule has 0 saturated heterocycles. The molecule has 98 valence electrons. The summed E-state index contributed by atoms with van der Waals surface area (Å²) >= 11 is 0. The highest BCUT2D eigenvalue weighted by Crippen LogP contribution is 2.19. The Bertz CT molecular complexity index is 405. The number of aliphatic hydroxyl groups excluding tert-OH is 1. The second-order valence-electron chi connectivity index (χ2n) is 3.94. The number of benzene rings is 1. The fourth-order valence-electron chi connectivity index (χ4n) is 1.65. The van der Waals surface area contributed by atoms with Gasteiger partial charge in [0.1, 0.15) is 0 Å². The molecule has 1 amide bonds. The molecule has 1 rings (SSSR count). The number of hydrogen-bond acceptors (Lipinski definition) is 4. The van der Waals surface area contributed by atoms with Gasteiger partial charge in [-0.3, -0.25) is 9.59 Å². The van der Waals surface area contributed by atoms with E-state index in [4.69, 9.17) is 0 Å². The zero-order valence-corrected chi connectivity index (χ0v) is 10.4. The lowest BCUT2D eigenvalue weighted by molar-refractivity contribution is -0.143. The molecule has 0 radical (unpaired) electrons. The van der Waals surface area contributed by atoms with Gasteiger partial charge in [0.25, 0.3) is 0 Å². The lowest BCUT2D eigenvalue weighted by atomic mass is 9.99. The van der Waals surface area contributed by atoms with E-state index in [0.717, 1.165) is 5.56 Å². The minimum absolute atomic E-state index is 0.170. The molecule has 0 aliphatic heterocycles. The Kier molecular flexibility index (Phi) is 5.32. The maximum atomic E-state index is 11.1. The van der Waals surface area contributed by atoms with E-state index in [1.807, 2.05) is 6.07 Å². The molecule has 0 aliphatic rings. The van der Waals surface area contributed by atoms with E-state index in [1.165, 1.54) is 14.0 Å². The van der Waals surface area contributed by atoms with Gasteiger partial charge in [0.05, 0.1) is 25.7 Å². The monoisotopic (exact) mass is 251 g/mol. The van der Waals surface area contributed by atoms with Gasteiger partial charge in [-0.2, -0.15) is 0 Å². The number of nitrogens with one attached hydrogen (secondary N) is 1. The molecule has 0 aliphatic carbocycles. The first-order valence-electron chi connectivity index (χ1n) is 5.61. The van der Waals surface area contributed by atoms with Crippen LogP contribution in [0, 0.1) is 0 Å². The Morgan fingerprint density at radius 1 is 1.33 bits per heavy atom. The average molecular weight is 251 g/mol. The number of ether oxygens (including phenoxy) is 1. The predicted molar refractivity (Wildman–Crippen MR) is 65.6 cm³/mol. The Labute approximate surface area is 106 Å². The summed E-state index contributed by atoms with van der Waals surface area (Å²) < 4.78 is 4.50. The summed E-state index contributed by atoms with van der Waals surface area (Å²) in [6.07, 6.45) is -1.19. The van der Waals surface area contributed by atoms with Crippen molar-refractivity contribution in [2.45, 2.75) is 25.5 Å². The summed E-state index contributed by atoms with van der Waals surface area (Å²) in [6, 6.07) is 8.37. The summed E-state index contributed by atoms with van der Waals surface area (Å²) in [5, 5.41) is 12.6. The van der Waals surface area contributed by atoms with Gasteiger partial charge >= 0.3 is 5.97 Å². The number of rotatable bonds is 5. The largest absolute Gasteiger partial charge is 0.469 e. The summed E-state index contributed by atoms with van der Waals surface area (Å²) in [7, 11) is 1.25. The van der Waals surface area contributed by atoms with Crippen LogP contribution in [0.2, 0.25) is 0 Å². The molecule has 5 heteroatoms. The van der Waals surface area contributed by atoms with E-state index in [9.17, 15) is 14.7 Å². The number of carbonyl (C=O) groups is 2. The van der Waals surface area contributed by atoms with Crippen LogP contribution in [0.3, 0.4) is 0 Å². The van der Waals surface area contributed by atoms with Gasteiger partial charge in [0, 0.05) is 6.92 Å². The molecule has 0 spiro atoms. The van der Waals surface area contributed by atoms with Crippen molar-refractivity contribution in [3.63, 3.8) is 0 Å². The van der Waals surface area contributed by atoms with Crippen LogP contribution in [0.25, 0.3) is 0 Å². The zero-order valence-electron chi connectivity index (χ0n) is 10.4. The Hall–Kier alpha value is -1.88. The van der Waals surface area contributed by atoms with Crippen LogP contribution in [0.1, 0.15) is 24.9 Å². The van der Waals surface area contributed by atoms with Crippen molar-refractivity contribution in [1.82, 2.24) is 5.32 Å². The first-order valence-corrected chi connectivity index (χ1v) is 5.61. The van der Waals surface area contributed by atoms with Crippen molar-refractivity contribution in [2.75, 3.05) is 7.11 Å². The molecule has 0 fully saturated rings. The van der Waals surface area contributed by atoms with Crippen LogP contribution in [-0.4, -0.2) is 30.2 Å². The highest BCUT2D eigenvalue weighted by molar-refractivity contribution is 5.74. The van der Waals surface area contributed by atoms with E-state index in [0.29, 0.717) is 0 Å². The topological polar surface area (TPSA) is 75.6 Å². The van der Waals surface area contributed by atoms with Crippen molar-refractivity contribution in [3.8, 4) is 0 Å². The second-order valence-corrected chi connectivity index (χ2v) is 3.94. The quantitative estimate of drug-likeness (QED) is 0.759. The first kappa shape index (κ1) is 14.2. The minimum Gasteiger partial charge on any atom is -0.469 e. The van der Waals surface area contributed by atoms with E-state index < -0.39 is 18.1 Å². The molecule has 5 nitrogen and oxygen atoms in total. The molecule has 2 atom stereocenters. The third-order valence-corrected chi connectivity index (χ3v) is 2.51. The van der Waals surface area contributed by atoms with E-state index in [-0.39, 0.29) is 12.3 Å². The molecule has 0 heterocycles. The number of esters is 1. The summed E-state index contributed by atoms with van der Waals surface area (Å²) in [5.74, 6) is -0.790. The SMILES string of the molecule is COC(=O)C[C@@H](O)[C@@H](NC(C)=O)c1ccccc1. The smallest absolute Gasteiger partial charge is 0.308 e. The first-order chi connectivity index (χ1) is 8.54. The van der Waals surface area contributed by atoms with Crippen LogP contribution < -0.4 is 5.32 Å². The maximum absolute atomic E-state index is 11.1. The number of carbonyl (C=O) groups excluding carboxylic acids is 2. The molecule has 0 aromatic heterocycles. The summed E-state index contributed by atoms with van der Waals surface area (Å²) in [6.45, 7) is 1.36. The number of aliphatic hydroxyl groups is 1. The van der Waals surface area contributed by atoms with Gasteiger partial charge < -0.3 is 15.2 Å². The third-order valence-electron chi connectivity index (χ3n) is 2.51. The van der Waals surface area contributed by atoms with Crippen LogP contribution in [0.5, 0.6) is 0 Å². The fraction of sp³-hybridized carbons (Fsp3) is 0.385. The van der Waals surface area contributed by atoms with Gasteiger partial charge in [-0.15, -0.1) is 0 Å². The minimum atomic E-state index is -1.02. The molecule has 18 heavy (non-hydrogen) atoms. The van der Waals surface area contributed by atoms with Gasteiger partial charge in [-0.1, -0.05) is 30.3 Å². The Morgan fingerprint density at radius 3 is 2.44 bits per heavy atom. The van der Waals surface area contributed by atoms with Crippen LogP contribution in [0.15, 0.2) is 30.3 Å². The van der Waals surface area contributed by atoms with Gasteiger partial charge in [0.2, 0.25) is 5.91 Å². The van der Waals surface area contributed by atoms with Crippen molar-refractivity contribution in [3.05, 3.63) is 35.9 Å². The van der Waals surface area contributed by atoms with Gasteiger partial charge in [-0.05, 0) is 5.56 Å². The maximum Gasteiger partial charge on any atom is 0.308 e. The molecule has 0 saturated carbocycles. The van der Waals surface area contributed by atoms with E-state index >= 15 is 0 Å². The number of methoxy groups -OCH3 is 1. The van der Waals surface area contributed by atoms with Crippen molar-refractivity contribution < 1.29 is 19.4 Å². The molecular weight excluding hydrogens is 234 g/mol. The highest BCUT2D eigenvalue weighted by Gasteiger charge is 2.24. The highest BCUT2D eigenvalue weighted by atomic mass is 16.5. The molecule has 0 unspecified atom stereocenters. The normalized spacial score (nSPS) is 13.5. The molecule has 1 aromatic rings. The second kappa shape index (κ2) is 6.76. The standard InChI is InChI=1S/C13H17NO4/c1-9(15)14-13(10-6-4-3-5-7-10)11(16)8-12(17)18-2/h3-7,11,13,16H,8H2,1-2H3,(H,14,15)/t11-,13+/m1/s1. The zero-order chi connectivity index (χ0) is 13.5. The van der Waals surface area contributed by atoms with Crippen molar-refractivity contribution in [1.29, 1.82) is 0 Å². The molecule has 2 N–H and O–H groups in total. The van der Waals surface area contributed by atoms with Crippen molar-refractivity contribution >= 4 is 11.9 Å². The van der Waals surface area contributed by atoms with Crippen LogP contribution >= 0.6 is 0 Å². The van der Waals surface area contributed by atoms with Gasteiger partial charge in [0.15, 0.2) is 0 Å². The Morgan fingerprint density at radius 2 is 1.94 bits per heavy atom. The average Bonchev–Trinajstić information content (AvgIpc) is 2.36. The fourth-order valence-corrected chi connectivity index (χ4v) is 1.65. The molecule has 0 bridgehead atoms. The van der Waals surface area contributed by atoms with E-state index in [2.05, 4.69) is 10.1 Å². The summed E-state index contributed by atoms with van der Waals surface area (Å²) in [4.78, 5) is 22.3. The predicted octanol–water partition coefficient (Wildman–Crippen LogP) is 0.788. The lowest BCUT2D eigenvalue weighted by Gasteiger charge is -2.23. The molecular formula is C13H17NO4. The molecule has 1 aromatic carbocycles. The Balaban J connectivity index is 2.84. The van der Waals surface area contributed by atoms with Crippen LogP contribution in [-0.2, 0) is 14.3 Å².